The topological polar surface area (TPSA) is 54.5 Å². The maximum absolute atomic E-state index is 11.1. The Labute approximate surface area is 87.5 Å². The fourth-order valence-electron chi connectivity index (χ4n) is 1.29. The Morgan fingerprint density at radius 1 is 1.27 bits per heavy atom. The molecule has 0 spiro atoms. The summed E-state index contributed by atoms with van der Waals surface area (Å²) in [6.07, 6.45) is 0.944. The normalized spacial score (nSPS) is 11.5. The molecule has 78 valence electrons. The molecule has 0 heterocycles. The molecule has 1 unspecified atom stereocenters. The van der Waals surface area contributed by atoms with E-state index in [0.717, 1.165) is 4.90 Å². The summed E-state index contributed by atoms with van der Waals surface area (Å²) in [7, 11) is 0. The molecule has 0 radical (unpaired) electrons. The first-order chi connectivity index (χ1) is 7.20. The molecule has 15 heavy (non-hydrogen) atoms. The summed E-state index contributed by atoms with van der Waals surface area (Å²) in [6, 6.07) is 7.84. The molecule has 1 aromatic rings. The van der Waals surface area contributed by atoms with Crippen LogP contribution in [0.15, 0.2) is 30.3 Å². The highest BCUT2D eigenvalue weighted by molar-refractivity contribution is 5.88. The first kappa shape index (κ1) is 11.1. The van der Waals surface area contributed by atoms with Crippen molar-refractivity contribution in [2.24, 2.45) is 0 Å². The maximum Gasteiger partial charge on any atom is 0.226 e. The van der Waals surface area contributed by atoms with Gasteiger partial charge in [0.05, 0.1) is 0 Å². The van der Waals surface area contributed by atoms with Crippen LogP contribution in [0.3, 0.4) is 0 Å². The molecule has 0 N–H and O–H groups in total. The van der Waals surface area contributed by atoms with Crippen molar-refractivity contribution in [2.45, 2.75) is 13.0 Å². The molecule has 0 aliphatic carbocycles. The van der Waals surface area contributed by atoms with Gasteiger partial charge in [-0.15, -0.1) is 0 Å². The molecule has 0 aromatic heterocycles. The lowest BCUT2D eigenvalue weighted by atomic mass is 10.1. The quantitative estimate of drug-likeness (QED) is 0.687. The number of carbonyl (C=O) groups is 3. The van der Waals surface area contributed by atoms with Gasteiger partial charge in [-0.3, -0.25) is 14.5 Å². The van der Waals surface area contributed by atoms with Crippen LogP contribution in [0, 0.1) is 0 Å². The SMILES string of the molecule is CC(=O)N(C=O)C(C=O)c1ccccc1. The van der Waals surface area contributed by atoms with Gasteiger partial charge in [0.1, 0.15) is 12.3 Å². The Kier molecular flexibility index (Phi) is 3.74. The van der Waals surface area contributed by atoms with Crippen LogP contribution in [0.2, 0.25) is 0 Å². The smallest absolute Gasteiger partial charge is 0.226 e. The number of rotatable bonds is 4. The minimum atomic E-state index is -0.832. The predicted molar refractivity (Wildman–Crippen MR) is 53.8 cm³/mol. The van der Waals surface area contributed by atoms with Gasteiger partial charge in [0.25, 0.3) is 0 Å². The molecule has 1 rings (SSSR count). The predicted octanol–water partition coefficient (Wildman–Crippen LogP) is 0.931. The first-order valence-electron chi connectivity index (χ1n) is 4.45. The lowest BCUT2D eigenvalue weighted by Crippen LogP contribution is -2.32. The van der Waals surface area contributed by atoms with E-state index in [-0.39, 0.29) is 0 Å². The zero-order valence-corrected chi connectivity index (χ0v) is 8.29. The number of imide groups is 1. The van der Waals surface area contributed by atoms with E-state index in [1.165, 1.54) is 6.92 Å². The highest BCUT2D eigenvalue weighted by Gasteiger charge is 2.21. The fourth-order valence-corrected chi connectivity index (χ4v) is 1.29. The third kappa shape index (κ3) is 2.49. The van der Waals surface area contributed by atoms with Gasteiger partial charge in [-0.25, -0.2) is 0 Å². The van der Waals surface area contributed by atoms with Crippen molar-refractivity contribution in [3.8, 4) is 0 Å². The van der Waals surface area contributed by atoms with Crippen LogP contribution in [-0.4, -0.2) is 23.5 Å². The van der Waals surface area contributed by atoms with Crippen molar-refractivity contribution in [3.05, 3.63) is 35.9 Å². The molecule has 4 heteroatoms. The van der Waals surface area contributed by atoms with Gasteiger partial charge in [-0.1, -0.05) is 30.3 Å². The van der Waals surface area contributed by atoms with Gasteiger partial charge < -0.3 is 4.79 Å². The summed E-state index contributed by atoms with van der Waals surface area (Å²) in [6.45, 7) is 1.24. The standard InChI is InChI=1S/C11H11NO3/c1-9(15)12(8-14)11(7-13)10-5-3-2-4-6-10/h2-8,11H,1H3. The van der Waals surface area contributed by atoms with Crippen molar-refractivity contribution in [2.75, 3.05) is 0 Å². The van der Waals surface area contributed by atoms with E-state index in [1.807, 2.05) is 0 Å². The molecule has 0 saturated heterocycles. The lowest BCUT2D eigenvalue weighted by molar-refractivity contribution is -0.141. The molecule has 0 aliphatic heterocycles. The first-order valence-corrected chi connectivity index (χ1v) is 4.45. The van der Waals surface area contributed by atoms with Crippen molar-refractivity contribution < 1.29 is 14.4 Å². The van der Waals surface area contributed by atoms with E-state index in [1.54, 1.807) is 30.3 Å². The number of aldehydes is 1. The van der Waals surface area contributed by atoms with Crippen LogP contribution in [0.4, 0.5) is 0 Å². The molecule has 0 aliphatic rings. The minimum Gasteiger partial charge on any atom is -0.301 e. The Bertz CT molecular complexity index is 361. The third-order valence-electron chi connectivity index (χ3n) is 2.05. The molecular weight excluding hydrogens is 194 g/mol. The van der Waals surface area contributed by atoms with Gasteiger partial charge >= 0.3 is 0 Å². The molecule has 1 aromatic carbocycles. The molecule has 0 fully saturated rings. The fraction of sp³-hybridized carbons (Fsp3) is 0.182. The summed E-state index contributed by atoms with van der Waals surface area (Å²) in [5, 5.41) is 0. The Morgan fingerprint density at radius 3 is 2.27 bits per heavy atom. The van der Waals surface area contributed by atoms with Gasteiger partial charge in [-0.2, -0.15) is 0 Å². The number of nitrogens with zero attached hydrogens (tertiary/aromatic N) is 1. The summed E-state index contributed by atoms with van der Waals surface area (Å²) in [4.78, 5) is 33.5. The Morgan fingerprint density at radius 2 is 1.87 bits per heavy atom. The Hall–Kier alpha value is -1.97. The highest BCUT2D eigenvalue weighted by atomic mass is 16.2. The van der Waals surface area contributed by atoms with E-state index in [4.69, 9.17) is 0 Å². The average Bonchev–Trinajstić information content (AvgIpc) is 2.26. The lowest BCUT2D eigenvalue weighted by Gasteiger charge is -2.20. The van der Waals surface area contributed by atoms with E-state index >= 15 is 0 Å². The zero-order valence-electron chi connectivity index (χ0n) is 8.29. The minimum absolute atomic E-state index is 0.369. The average molecular weight is 205 g/mol. The second-order valence-corrected chi connectivity index (χ2v) is 3.02. The third-order valence-corrected chi connectivity index (χ3v) is 2.05. The van der Waals surface area contributed by atoms with Crippen LogP contribution < -0.4 is 0 Å². The van der Waals surface area contributed by atoms with Gasteiger partial charge in [0.2, 0.25) is 12.3 Å². The Balaban J connectivity index is 3.02. The van der Waals surface area contributed by atoms with E-state index in [2.05, 4.69) is 0 Å². The zero-order chi connectivity index (χ0) is 11.3. The molecule has 4 nitrogen and oxygen atoms in total. The summed E-state index contributed by atoms with van der Waals surface area (Å²) in [5.74, 6) is -0.453. The number of carbonyl (C=O) groups excluding carboxylic acids is 3. The second-order valence-electron chi connectivity index (χ2n) is 3.02. The van der Waals surface area contributed by atoms with E-state index in [9.17, 15) is 14.4 Å². The molecule has 1 atom stereocenters. The van der Waals surface area contributed by atoms with Crippen LogP contribution >= 0.6 is 0 Å². The molecular formula is C11H11NO3. The van der Waals surface area contributed by atoms with Crippen LogP contribution in [0.5, 0.6) is 0 Å². The van der Waals surface area contributed by atoms with Crippen molar-refractivity contribution >= 4 is 18.6 Å². The summed E-state index contributed by atoms with van der Waals surface area (Å²) >= 11 is 0. The second kappa shape index (κ2) is 5.05. The molecule has 0 saturated carbocycles. The van der Waals surface area contributed by atoms with Gasteiger partial charge in [0.15, 0.2) is 0 Å². The van der Waals surface area contributed by atoms with Crippen LogP contribution in [-0.2, 0) is 14.4 Å². The number of benzene rings is 1. The number of amides is 2. The van der Waals surface area contributed by atoms with Crippen molar-refractivity contribution in [3.63, 3.8) is 0 Å². The van der Waals surface area contributed by atoms with E-state index in [0.29, 0.717) is 18.3 Å². The van der Waals surface area contributed by atoms with Crippen molar-refractivity contribution in [1.82, 2.24) is 4.90 Å². The van der Waals surface area contributed by atoms with Gasteiger partial charge in [-0.05, 0) is 5.56 Å². The summed E-state index contributed by atoms with van der Waals surface area (Å²) < 4.78 is 0. The number of hydrogen-bond donors (Lipinski definition) is 0. The van der Waals surface area contributed by atoms with Crippen LogP contribution in [0.1, 0.15) is 18.5 Å². The molecule has 0 bridgehead atoms. The number of hydrogen-bond acceptors (Lipinski definition) is 3. The van der Waals surface area contributed by atoms with Crippen LogP contribution in [0.25, 0.3) is 0 Å². The van der Waals surface area contributed by atoms with Crippen molar-refractivity contribution in [1.29, 1.82) is 0 Å². The monoisotopic (exact) mass is 205 g/mol. The molecule has 2 amide bonds. The van der Waals surface area contributed by atoms with Gasteiger partial charge in [0, 0.05) is 6.92 Å². The maximum atomic E-state index is 11.1. The highest BCUT2D eigenvalue weighted by Crippen LogP contribution is 2.16. The summed E-state index contributed by atoms with van der Waals surface area (Å²) in [5.41, 5.74) is 0.620. The van der Waals surface area contributed by atoms with E-state index < -0.39 is 11.9 Å². The largest absolute Gasteiger partial charge is 0.301 e.